The van der Waals surface area contributed by atoms with Gasteiger partial charge in [0.15, 0.2) is 11.5 Å². The van der Waals surface area contributed by atoms with E-state index in [1.807, 2.05) is 60.7 Å². The number of nitrogens with one attached hydrogen (secondary N) is 1. The summed E-state index contributed by atoms with van der Waals surface area (Å²) in [4.78, 5) is 27.2. The van der Waals surface area contributed by atoms with Crippen molar-refractivity contribution in [1.82, 2.24) is 10.2 Å². The third-order valence-corrected chi connectivity index (χ3v) is 5.55. The molecule has 1 saturated heterocycles. The number of nitrogens with zero attached hydrogens (tertiary/aromatic N) is 1. The van der Waals surface area contributed by atoms with Crippen LogP contribution < -0.4 is 14.8 Å². The van der Waals surface area contributed by atoms with E-state index in [1.165, 1.54) is 4.90 Å². The van der Waals surface area contributed by atoms with Crippen molar-refractivity contribution in [2.24, 2.45) is 0 Å². The van der Waals surface area contributed by atoms with Crippen LogP contribution in [-0.2, 0) is 17.8 Å². The largest absolute Gasteiger partial charge is 0.454 e. The van der Waals surface area contributed by atoms with Crippen LogP contribution in [0.25, 0.3) is 10.8 Å². The van der Waals surface area contributed by atoms with Gasteiger partial charge in [-0.05, 0) is 41.0 Å². The van der Waals surface area contributed by atoms with Crippen molar-refractivity contribution in [3.05, 3.63) is 71.8 Å². The monoisotopic (exact) mass is 388 g/mol. The Labute approximate surface area is 168 Å². The minimum atomic E-state index is -1.00. The normalized spacial score (nSPS) is 20.4. The molecule has 29 heavy (non-hydrogen) atoms. The number of urea groups is 1. The number of amides is 3. The van der Waals surface area contributed by atoms with Crippen LogP contribution in [0, 0.1) is 0 Å². The molecule has 0 bridgehead atoms. The summed E-state index contributed by atoms with van der Waals surface area (Å²) in [5, 5.41) is 5.01. The summed E-state index contributed by atoms with van der Waals surface area (Å²) in [6.45, 7) is 2.20. The number of rotatable bonds is 4. The zero-order chi connectivity index (χ0) is 20.0. The summed E-state index contributed by atoms with van der Waals surface area (Å²) >= 11 is 0. The van der Waals surface area contributed by atoms with E-state index in [2.05, 4.69) is 5.32 Å². The number of hydrogen-bond acceptors (Lipinski definition) is 4. The molecular weight excluding hydrogens is 368 g/mol. The first kappa shape index (κ1) is 17.6. The molecule has 0 saturated carbocycles. The Bertz CT molecular complexity index is 1140. The van der Waals surface area contributed by atoms with Crippen molar-refractivity contribution in [3.63, 3.8) is 0 Å². The Morgan fingerprint density at radius 1 is 1.00 bits per heavy atom. The van der Waals surface area contributed by atoms with Crippen LogP contribution in [0.2, 0.25) is 0 Å². The van der Waals surface area contributed by atoms with Gasteiger partial charge in [-0.3, -0.25) is 9.69 Å². The molecular formula is C23H20N2O4. The van der Waals surface area contributed by atoms with E-state index in [4.69, 9.17) is 9.47 Å². The molecule has 146 valence electrons. The molecule has 0 spiro atoms. The lowest BCUT2D eigenvalue weighted by molar-refractivity contribution is -0.131. The van der Waals surface area contributed by atoms with Crippen LogP contribution in [0.5, 0.6) is 11.5 Å². The number of benzene rings is 3. The number of carbonyl (C=O) groups is 2. The number of imide groups is 1. The van der Waals surface area contributed by atoms with Crippen LogP contribution in [-0.4, -0.2) is 29.2 Å². The topological polar surface area (TPSA) is 67.9 Å². The van der Waals surface area contributed by atoms with Gasteiger partial charge in [-0.2, -0.15) is 0 Å². The van der Waals surface area contributed by atoms with Gasteiger partial charge in [-0.25, -0.2) is 4.79 Å². The van der Waals surface area contributed by atoms with E-state index in [1.54, 1.807) is 6.92 Å². The fourth-order valence-corrected chi connectivity index (χ4v) is 4.07. The Morgan fingerprint density at radius 3 is 2.69 bits per heavy atom. The second-order valence-corrected chi connectivity index (χ2v) is 7.66. The van der Waals surface area contributed by atoms with E-state index in [0.717, 1.165) is 21.9 Å². The molecule has 6 nitrogen and oxygen atoms in total. The molecule has 0 radical (unpaired) electrons. The second-order valence-electron chi connectivity index (χ2n) is 7.66. The number of ether oxygens (including phenoxy) is 2. The first-order chi connectivity index (χ1) is 14.0. The smallest absolute Gasteiger partial charge is 0.325 e. The molecule has 1 fully saturated rings. The summed E-state index contributed by atoms with van der Waals surface area (Å²) in [6, 6.07) is 19.1. The predicted molar refractivity (Wildman–Crippen MR) is 108 cm³/mol. The van der Waals surface area contributed by atoms with Crippen molar-refractivity contribution < 1.29 is 19.1 Å². The zero-order valence-electron chi connectivity index (χ0n) is 16.0. The third-order valence-electron chi connectivity index (χ3n) is 5.55. The summed E-state index contributed by atoms with van der Waals surface area (Å²) in [6.07, 6.45) is 0.375. The van der Waals surface area contributed by atoms with Crippen LogP contribution in [0.1, 0.15) is 18.1 Å². The maximum atomic E-state index is 13.2. The van der Waals surface area contributed by atoms with Crippen molar-refractivity contribution in [2.75, 3.05) is 6.79 Å². The maximum Gasteiger partial charge on any atom is 0.325 e. The van der Waals surface area contributed by atoms with Gasteiger partial charge in [0.05, 0.1) is 6.54 Å². The molecule has 3 amide bonds. The Morgan fingerprint density at radius 2 is 1.79 bits per heavy atom. The van der Waals surface area contributed by atoms with Crippen molar-refractivity contribution in [2.45, 2.75) is 25.4 Å². The average molecular weight is 388 g/mol. The summed E-state index contributed by atoms with van der Waals surface area (Å²) in [5.74, 6) is 1.13. The first-order valence-corrected chi connectivity index (χ1v) is 9.53. The predicted octanol–water partition coefficient (Wildman–Crippen LogP) is 3.62. The van der Waals surface area contributed by atoms with Crippen LogP contribution in [0.3, 0.4) is 0 Å². The van der Waals surface area contributed by atoms with E-state index in [9.17, 15) is 9.59 Å². The third kappa shape index (κ3) is 2.97. The number of hydrogen-bond donors (Lipinski definition) is 1. The molecule has 0 aromatic heterocycles. The van der Waals surface area contributed by atoms with Gasteiger partial charge in [-0.15, -0.1) is 0 Å². The van der Waals surface area contributed by atoms with Crippen LogP contribution in [0.15, 0.2) is 60.7 Å². The number of carbonyl (C=O) groups excluding carboxylic acids is 2. The molecule has 0 unspecified atom stereocenters. The van der Waals surface area contributed by atoms with Gasteiger partial charge < -0.3 is 14.8 Å². The summed E-state index contributed by atoms with van der Waals surface area (Å²) in [5.41, 5.74) is 0.839. The minimum absolute atomic E-state index is 0.199. The molecule has 1 N–H and O–H groups in total. The minimum Gasteiger partial charge on any atom is -0.454 e. The highest BCUT2D eigenvalue weighted by Crippen LogP contribution is 2.34. The molecule has 2 aliphatic heterocycles. The van der Waals surface area contributed by atoms with Gasteiger partial charge in [0.25, 0.3) is 5.91 Å². The van der Waals surface area contributed by atoms with Gasteiger partial charge >= 0.3 is 6.03 Å². The average Bonchev–Trinajstić information content (AvgIpc) is 3.26. The van der Waals surface area contributed by atoms with E-state index in [0.29, 0.717) is 17.9 Å². The molecule has 1 atom stereocenters. The van der Waals surface area contributed by atoms with Crippen molar-refractivity contribution >= 4 is 22.7 Å². The number of fused-ring (bicyclic) bond motifs is 2. The lowest BCUT2D eigenvalue weighted by atomic mass is 9.92. The lowest BCUT2D eigenvalue weighted by Gasteiger charge is -2.22. The summed E-state index contributed by atoms with van der Waals surface area (Å²) in [7, 11) is 0. The van der Waals surface area contributed by atoms with Crippen LogP contribution >= 0.6 is 0 Å². The SMILES string of the molecule is C[C@]1(Cc2ccc3c(c2)OCO3)NC(=O)N(Cc2cccc3ccccc23)C1=O. The highest BCUT2D eigenvalue weighted by molar-refractivity contribution is 6.07. The lowest BCUT2D eigenvalue weighted by Crippen LogP contribution is -2.45. The first-order valence-electron chi connectivity index (χ1n) is 9.53. The fraction of sp³-hybridized carbons (Fsp3) is 0.217. The highest BCUT2D eigenvalue weighted by Gasteiger charge is 2.47. The Balaban J connectivity index is 1.40. The van der Waals surface area contributed by atoms with Gasteiger partial charge in [0.2, 0.25) is 6.79 Å². The molecule has 5 rings (SSSR count). The molecule has 3 aromatic rings. The Kier molecular flexibility index (Phi) is 3.94. The molecule has 0 aliphatic carbocycles. The Hall–Kier alpha value is -3.54. The highest BCUT2D eigenvalue weighted by atomic mass is 16.7. The van der Waals surface area contributed by atoms with Crippen molar-refractivity contribution in [1.29, 1.82) is 0 Å². The van der Waals surface area contributed by atoms with Crippen LogP contribution in [0.4, 0.5) is 4.79 Å². The molecule has 6 heteroatoms. The zero-order valence-corrected chi connectivity index (χ0v) is 16.0. The quantitative estimate of drug-likeness (QED) is 0.693. The molecule has 2 aliphatic rings. The fourth-order valence-electron chi connectivity index (χ4n) is 4.07. The van der Waals surface area contributed by atoms with E-state index in [-0.39, 0.29) is 25.3 Å². The second kappa shape index (κ2) is 6.51. The van der Waals surface area contributed by atoms with Gasteiger partial charge in [0, 0.05) is 6.42 Å². The molecule has 3 aromatic carbocycles. The van der Waals surface area contributed by atoms with E-state index >= 15 is 0 Å². The maximum absolute atomic E-state index is 13.2. The van der Waals surface area contributed by atoms with Crippen molar-refractivity contribution in [3.8, 4) is 11.5 Å². The standard InChI is InChI=1S/C23H20N2O4/c1-23(12-15-9-10-19-20(11-15)29-14-28-19)21(26)25(22(27)24-23)13-17-7-4-6-16-5-2-3-8-18(16)17/h2-11H,12-14H2,1H3,(H,24,27)/t23-/m1/s1. The van der Waals surface area contributed by atoms with Gasteiger partial charge in [0.1, 0.15) is 5.54 Å². The molecule has 2 heterocycles. The van der Waals surface area contributed by atoms with Gasteiger partial charge in [-0.1, -0.05) is 48.5 Å². The van der Waals surface area contributed by atoms with E-state index < -0.39 is 5.54 Å². The summed E-state index contributed by atoms with van der Waals surface area (Å²) < 4.78 is 10.8.